The van der Waals surface area contributed by atoms with Crippen LogP contribution >= 0.6 is 0 Å². The molecular weight excluding hydrogens is 314 g/mol. The quantitative estimate of drug-likeness (QED) is 0.862. The van der Waals surface area contributed by atoms with Crippen molar-refractivity contribution in [2.75, 3.05) is 19.6 Å². The Balaban J connectivity index is 1.67. The van der Waals surface area contributed by atoms with Crippen LogP contribution in [0.15, 0.2) is 30.3 Å². The van der Waals surface area contributed by atoms with Gasteiger partial charge in [0.05, 0.1) is 0 Å². The van der Waals surface area contributed by atoms with Crippen molar-refractivity contribution in [2.45, 2.75) is 52.5 Å². The molecule has 0 bridgehead atoms. The van der Waals surface area contributed by atoms with Gasteiger partial charge in [-0.25, -0.2) is 4.79 Å². The fraction of sp³-hybridized carbons (Fsp3) is 0.600. The molecule has 138 valence electrons. The van der Waals surface area contributed by atoms with E-state index in [2.05, 4.69) is 43.5 Å². The first-order valence-corrected chi connectivity index (χ1v) is 9.19. The summed E-state index contributed by atoms with van der Waals surface area (Å²) in [5.41, 5.74) is 1.27. The third-order valence-electron chi connectivity index (χ3n) is 4.43. The number of rotatable bonds is 5. The van der Waals surface area contributed by atoms with Crippen LogP contribution in [0.25, 0.3) is 0 Å². The Hall–Kier alpha value is -2.04. The molecule has 1 aromatic carbocycles. The SMILES string of the molecule is CC(C)(C)CNC(=O)NC1CCN(C(=O)CCc2ccccc2)CC1. The Kier molecular flexibility index (Phi) is 6.85. The summed E-state index contributed by atoms with van der Waals surface area (Å²) in [6.45, 7) is 8.36. The molecule has 0 radical (unpaired) electrons. The number of benzene rings is 1. The van der Waals surface area contributed by atoms with Gasteiger partial charge in [0.25, 0.3) is 0 Å². The molecule has 0 spiro atoms. The molecule has 1 aliphatic rings. The fourth-order valence-electron chi connectivity index (χ4n) is 2.91. The highest BCUT2D eigenvalue weighted by Crippen LogP contribution is 2.13. The van der Waals surface area contributed by atoms with Crippen molar-refractivity contribution in [3.63, 3.8) is 0 Å². The summed E-state index contributed by atoms with van der Waals surface area (Å²) in [7, 11) is 0. The molecule has 5 heteroatoms. The summed E-state index contributed by atoms with van der Waals surface area (Å²) in [4.78, 5) is 26.2. The molecule has 1 saturated heterocycles. The third kappa shape index (κ3) is 7.16. The number of nitrogens with zero attached hydrogens (tertiary/aromatic N) is 1. The molecular formula is C20H31N3O2. The zero-order valence-corrected chi connectivity index (χ0v) is 15.7. The number of piperidine rings is 1. The molecule has 1 aliphatic heterocycles. The summed E-state index contributed by atoms with van der Waals surface area (Å²) in [5, 5.41) is 5.93. The number of likely N-dealkylation sites (tertiary alicyclic amines) is 1. The standard InChI is InChI=1S/C20H31N3O2/c1-20(2,3)15-21-19(25)22-17-11-13-23(14-12-17)18(24)10-9-16-7-5-4-6-8-16/h4-8,17H,9-15H2,1-3H3,(H2,21,22,25). The van der Waals surface area contributed by atoms with Crippen molar-refractivity contribution >= 4 is 11.9 Å². The van der Waals surface area contributed by atoms with Gasteiger partial charge in [0.1, 0.15) is 0 Å². The first kappa shape index (κ1) is 19.3. The Morgan fingerprint density at radius 3 is 2.36 bits per heavy atom. The van der Waals surface area contributed by atoms with Gasteiger partial charge < -0.3 is 15.5 Å². The van der Waals surface area contributed by atoms with E-state index in [9.17, 15) is 9.59 Å². The van der Waals surface area contributed by atoms with E-state index in [1.54, 1.807) is 0 Å². The van der Waals surface area contributed by atoms with Crippen molar-refractivity contribution in [1.82, 2.24) is 15.5 Å². The number of carbonyl (C=O) groups is 2. The number of hydrogen-bond donors (Lipinski definition) is 2. The lowest BCUT2D eigenvalue weighted by atomic mass is 9.97. The number of urea groups is 1. The van der Waals surface area contributed by atoms with Crippen LogP contribution in [-0.2, 0) is 11.2 Å². The van der Waals surface area contributed by atoms with Crippen LogP contribution < -0.4 is 10.6 Å². The summed E-state index contributed by atoms with van der Waals surface area (Å²) in [6, 6.07) is 10.1. The smallest absolute Gasteiger partial charge is 0.315 e. The van der Waals surface area contributed by atoms with Crippen LogP contribution in [0.1, 0.15) is 45.6 Å². The fourth-order valence-corrected chi connectivity index (χ4v) is 2.91. The molecule has 0 aromatic heterocycles. The molecule has 0 aliphatic carbocycles. The molecule has 2 rings (SSSR count). The molecule has 25 heavy (non-hydrogen) atoms. The molecule has 0 saturated carbocycles. The number of nitrogens with one attached hydrogen (secondary N) is 2. The monoisotopic (exact) mass is 345 g/mol. The number of aryl methyl sites for hydroxylation is 1. The Bertz CT molecular complexity index is 558. The maximum atomic E-state index is 12.3. The van der Waals surface area contributed by atoms with Crippen LogP contribution in [-0.4, -0.2) is 42.5 Å². The van der Waals surface area contributed by atoms with E-state index in [1.165, 1.54) is 5.56 Å². The largest absolute Gasteiger partial charge is 0.343 e. The molecule has 5 nitrogen and oxygen atoms in total. The Morgan fingerprint density at radius 2 is 1.76 bits per heavy atom. The van der Waals surface area contributed by atoms with Gasteiger partial charge in [-0.05, 0) is 30.2 Å². The molecule has 3 amide bonds. The van der Waals surface area contributed by atoms with Gasteiger partial charge in [-0.3, -0.25) is 4.79 Å². The second-order valence-electron chi connectivity index (χ2n) is 8.03. The maximum Gasteiger partial charge on any atom is 0.315 e. The van der Waals surface area contributed by atoms with Crippen LogP contribution in [0.4, 0.5) is 4.79 Å². The first-order chi connectivity index (χ1) is 11.8. The minimum absolute atomic E-state index is 0.0753. The van der Waals surface area contributed by atoms with Crippen molar-refractivity contribution in [3.05, 3.63) is 35.9 Å². The van der Waals surface area contributed by atoms with E-state index in [4.69, 9.17) is 0 Å². The van der Waals surface area contributed by atoms with E-state index in [-0.39, 0.29) is 23.4 Å². The summed E-state index contributed by atoms with van der Waals surface area (Å²) in [5.74, 6) is 0.208. The van der Waals surface area contributed by atoms with Crippen LogP contribution in [0.5, 0.6) is 0 Å². The van der Waals surface area contributed by atoms with Crippen molar-refractivity contribution in [2.24, 2.45) is 5.41 Å². The van der Waals surface area contributed by atoms with Crippen molar-refractivity contribution in [3.8, 4) is 0 Å². The lowest BCUT2D eigenvalue weighted by molar-refractivity contribution is -0.132. The van der Waals surface area contributed by atoms with E-state index in [1.807, 2.05) is 23.1 Å². The first-order valence-electron chi connectivity index (χ1n) is 9.19. The average Bonchev–Trinajstić information content (AvgIpc) is 2.59. The Morgan fingerprint density at radius 1 is 1.12 bits per heavy atom. The predicted octanol–water partition coefficient (Wildman–Crippen LogP) is 2.96. The lowest BCUT2D eigenvalue weighted by Gasteiger charge is -2.32. The van der Waals surface area contributed by atoms with Gasteiger partial charge in [0, 0.05) is 32.1 Å². The van der Waals surface area contributed by atoms with E-state index < -0.39 is 0 Å². The minimum Gasteiger partial charge on any atom is -0.343 e. The van der Waals surface area contributed by atoms with Gasteiger partial charge in [0.2, 0.25) is 5.91 Å². The lowest BCUT2D eigenvalue weighted by Crippen LogP contribution is -2.50. The van der Waals surface area contributed by atoms with Crippen LogP contribution in [0, 0.1) is 5.41 Å². The number of amides is 3. The number of hydrogen-bond acceptors (Lipinski definition) is 2. The van der Waals surface area contributed by atoms with Crippen molar-refractivity contribution in [1.29, 1.82) is 0 Å². The van der Waals surface area contributed by atoms with Crippen molar-refractivity contribution < 1.29 is 9.59 Å². The zero-order valence-electron chi connectivity index (χ0n) is 15.7. The van der Waals surface area contributed by atoms with Gasteiger partial charge in [0.15, 0.2) is 0 Å². The zero-order chi connectivity index (χ0) is 18.3. The highest BCUT2D eigenvalue weighted by Gasteiger charge is 2.24. The predicted molar refractivity (Wildman–Crippen MR) is 100 cm³/mol. The minimum atomic E-state index is -0.108. The van der Waals surface area contributed by atoms with Gasteiger partial charge in [-0.2, -0.15) is 0 Å². The molecule has 0 atom stereocenters. The maximum absolute atomic E-state index is 12.3. The molecule has 2 N–H and O–H groups in total. The summed E-state index contributed by atoms with van der Waals surface area (Å²) in [6.07, 6.45) is 2.97. The summed E-state index contributed by atoms with van der Waals surface area (Å²) >= 11 is 0. The van der Waals surface area contributed by atoms with Crippen LogP contribution in [0.3, 0.4) is 0 Å². The van der Waals surface area contributed by atoms with Gasteiger partial charge in [-0.15, -0.1) is 0 Å². The molecule has 1 aromatic rings. The third-order valence-corrected chi connectivity index (χ3v) is 4.43. The molecule has 0 unspecified atom stereocenters. The molecule has 1 heterocycles. The number of carbonyl (C=O) groups excluding carboxylic acids is 2. The topological polar surface area (TPSA) is 61.4 Å². The highest BCUT2D eigenvalue weighted by atomic mass is 16.2. The summed E-state index contributed by atoms with van der Waals surface area (Å²) < 4.78 is 0. The average molecular weight is 345 g/mol. The second-order valence-corrected chi connectivity index (χ2v) is 8.03. The second kappa shape index (κ2) is 8.88. The highest BCUT2D eigenvalue weighted by molar-refractivity contribution is 5.77. The molecule has 1 fully saturated rings. The van der Waals surface area contributed by atoms with Gasteiger partial charge in [-0.1, -0.05) is 51.1 Å². The Labute approximate surface area is 151 Å². The van der Waals surface area contributed by atoms with E-state index in [0.29, 0.717) is 13.0 Å². The van der Waals surface area contributed by atoms with E-state index >= 15 is 0 Å². The van der Waals surface area contributed by atoms with Gasteiger partial charge >= 0.3 is 6.03 Å². The normalized spacial score (nSPS) is 15.7. The van der Waals surface area contributed by atoms with E-state index in [0.717, 1.165) is 32.4 Å². The van der Waals surface area contributed by atoms with Crippen LogP contribution in [0.2, 0.25) is 0 Å².